The van der Waals surface area contributed by atoms with Crippen molar-refractivity contribution in [3.63, 3.8) is 0 Å². The molecule has 1 amide bonds. The number of sulfonamides is 1. The minimum Gasteiger partial charge on any atom is -0.495 e. The zero-order valence-electron chi connectivity index (χ0n) is 14.7. The van der Waals surface area contributed by atoms with Crippen LogP contribution >= 0.6 is 22.7 Å². The molecule has 27 heavy (non-hydrogen) atoms. The molecule has 2 N–H and O–H groups in total. The molecule has 3 rings (SSSR count). The Bertz CT molecular complexity index is 1040. The normalized spacial score (nSPS) is 11.3. The van der Waals surface area contributed by atoms with Gasteiger partial charge in [-0.25, -0.2) is 13.1 Å². The first-order valence-electron chi connectivity index (χ1n) is 7.98. The van der Waals surface area contributed by atoms with E-state index in [2.05, 4.69) is 10.0 Å². The van der Waals surface area contributed by atoms with E-state index >= 15 is 0 Å². The number of thiophene rings is 2. The zero-order chi connectivity index (χ0) is 19.4. The maximum Gasteiger partial charge on any atom is 0.265 e. The van der Waals surface area contributed by atoms with Gasteiger partial charge in [-0.3, -0.25) is 4.79 Å². The Morgan fingerprint density at radius 3 is 2.52 bits per heavy atom. The first-order valence-corrected chi connectivity index (χ1v) is 11.1. The summed E-state index contributed by atoms with van der Waals surface area (Å²) in [5.41, 5.74) is 1.01. The topological polar surface area (TPSA) is 84.5 Å². The van der Waals surface area contributed by atoms with E-state index in [9.17, 15) is 13.2 Å². The molecule has 0 aliphatic carbocycles. The van der Waals surface area contributed by atoms with Crippen LogP contribution in [-0.4, -0.2) is 28.5 Å². The number of carbonyl (C=O) groups is 1. The summed E-state index contributed by atoms with van der Waals surface area (Å²) < 4.78 is 31.4. The van der Waals surface area contributed by atoms with E-state index in [4.69, 9.17) is 4.74 Å². The average molecular weight is 423 g/mol. The molecular formula is C18H18N2O4S3. The van der Waals surface area contributed by atoms with Gasteiger partial charge in [0, 0.05) is 9.75 Å². The smallest absolute Gasteiger partial charge is 0.265 e. The molecule has 0 atom stereocenters. The van der Waals surface area contributed by atoms with Crippen molar-refractivity contribution in [1.82, 2.24) is 10.0 Å². The molecule has 0 fully saturated rings. The van der Waals surface area contributed by atoms with E-state index in [1.54, 1.807) is 6.07 Å². The van der Waals surface area contributed by atoms with Gasteiger partial charge in [0.1, 0.15) is 14.8 Å². The minimum atomic E-state index is -3.47. The van der Waals surface area contributed by atoms with Gasteiger partial charge in [-0.2, -0.15) is 0 Å². The molecule has 142 valence electrons. The van der Waals surface area contributed by atoms with Crippen LogP contribution < -0.4 is 14.8 Å². The third-order valence-corrected chi connectivity index (χ3v) is 7.93. The Labute approximate surface area is 165 Å². The van der Waals surface area contributed by atoms with Crippen LogP contribution in [0.15, 0.2) is 52.7 Å². The number of rotatable bonds is 7. The quantitative estimate of drug-likeness (QED) is 0.612. The van der Waals surface area contributed by atoms with Gasteiger partial charge in [0.15, 0.2) is 0 Å². The zero-order valence-corrected chi connectivity index (χ0v) is 17.1. The molecule has 0 aliphatic rings. The van der Waals surface area contributed by atoms with Gasteiger partial charge >= 0.3 is 0 Å². The minimum absolute atomic E-state index is 0.217. The molecule has 6 nitrogen and oxygen atoms in total. The summed E-state index contributed by atoms with van der Waals surface area (Å²) in [6.45, 7) is 0.241. The Kier molecular flexibility index (Phi) is 5.95. The summed E-state index contributed by atoms with van der Waals surface area (Å²) in [6, 6.07) is 14.8. The van der Waals surface area contributed by atoms with Crippen LogP contribution in [0.5, 0.6) is 5.75 Å². The molecule has 1 aromatic carbocycles. The van der Waals surface area contributed by atoms with Crippen molar-refractivity contribution in [2.24, 2.45) is 0 Å². The highest BCUT2D eigenvalue weighted by Crippen LogP contribution is 2.36. The standard InChI is InChI=1S/C18H18N2O4S3/c1-19-27(22,23)16-9-8-13(25-16)11-20-18(21)17-14(24-2)10-15(26-17)12-6-4-3-5-7-12/h3-10,19H,11H2,1-2H3,(H,20,21). The number of hydrogen-bond acceptors (Lipinski definition) is 6. The highest BCUT2D eigenvalue weighted by atomic mass is 32.2. The van der Waals surface area contributed by atoms with Crippen molar-refractivity contribution in [1.29, 1.82) is 0 Å². The second kappa shape index (κ2) is 8.22. The Morgan fingerprint density at radius 1 is 1.11 bits per heavy atom. The predicted octanol–water partition coefficient (Wildman–Crippen LogP) is 3.32. The summed E-state index contributed by atoms with van der Waals surface area (Å²) >= 11 is 2.47. The van der Waals surface area contributed by atoms with Crippen molar-refractivity contribution in [2.45, 2.75) is 10.8 Å². The van der Waals surface area contributed by atoms with E-state index in [1.165, 1.54) is 31.6 Å². The van der Waals surface area contributed by atoms with Crippen molar-refractivity contribution in [3.8, 4) is 16.2 Å². The van der Waals surface area contributed by atoms with Gasteiger partial charge in [0.2, 0.25) is 10.0 Å². The lowest BCUT2D eigenvalue weighted by Crippen LogP contribution is -2.21. The fraction of sp³-hybridized carbons (Fsp3) is 0.167. The molecule has 0 saturated carbocycles. The molecule has 0 spiro atoms. The van der Waals surface area contributed by atoms with Gasteiger partial charge < -0.3 is 10.1 Å². The first kappa shape index (κ1) is 19.6. The van der Waals surface area contributed by atoms with Gasteiger partial charge in [-0.05, 0) is 30.8 Å². The Hall–Kier alpha value is -2.20. The van der Waals surface area contributed by atoms with Crippen molar-refractivity contribution in [3.05, 3.63) is 58.3 Å². The summed E-state index contributed by atoms with van der Waals surface area (Å²) in [7, 11) is -0.574. The third-order valence-electron chi connectivity index (χ3n) is 3.78. The van der Waals surface area contributed by atoms with Crippen molar-refractivity contribution >= 4 is 38.6 Å². The lowest BCUT2D eigenvalue weighted by Gasteiger charge is -2.04. The van der Waals surface area contributed by atoms with Gasteiger partial charge in [0.05, 0.1) is 13.7 Å². The number of ether oxygens (including phenoxy) is 1. The van der Waals surface area contributed by atoms with Crippen LogP contribution in [0, 0.1) is 0 Å². The fourth-order valence-corrected chi connectivity index (χ4v) is 5.56. The lowest BCUT2D eigenvalue weighted by molar-refractivity contribution is 0.0952. The average Bonchev–Trinajstić information content (AvgIpc) is 3.34. The monoisotopic (exact) mass is 422 g/mol. The molecule has 0 radical (unpaired) electrons. The number of amides is 1. The van der Waals surface area contributed by atoms with E-state index in [0.717, 1.165) is 26.7 Å². The number of nitrogens with one attached hydrogen (secondary N) is 2. The number of methoxy groups -OCH3 is 1. The van der Waals surface area contributed by atoms with Crippen LogP contribution in [0.3, 0.4) is 0 Å². The molecule has 2 heterocycles. The molecule has 0 bridgehead atoms. The molecule has 2 aromatic heterocycles. The molecule has 0 aliphatic heterocycles. The lowest BCUT2D eigenvalue weighted by atomic mass is 10.2. The van der Waals surface area contributed by atoms with Crippen LogP contribution in [0.4, 0.5) is 0 Å². The largest absolute Gasteiger partial charge is 0.495 e. The first-order chi connectivity index (χ1) is 12.9. The molecule has 0 unspecified atom stereocenters. The van der Waals surface area contributed by atoms with E-state index in [1.807, 2.05) is 36.4 Å². The van der Waals surface area contributed by atoms with Crippen LogP contribution in [0.2, 0.25) is 0 Å². The highest BCUT2D eigenvalue weighted by molar-refractivity contribution is 7.91. The maximum absolute atomic E-state index is 12.6. The van der Waals surface area contributed by atoms with E-state index in [0.29, 0.717) is 10.6 Å². The second-order valence-corrected chi connectivity index (χ2v) is 9.82. The Morgan fingerprint density at radius 2 is 1.85 bits per heavy atom. The summed E-state index contributed by atoms with van der Waals surface area (Å²) in [5, 5.41) is 2.82. The highest BCUT2D eigenvalue weighted by Gasteiger charge is 2.19. The van der Waals surface area contributed by atoms with E-state index < -0.39 is 10.0 Å². The number of carbonyl (C=O) groups excluding carboxylic acids is 1. The van der Waals surface area contributed by atoms with Crippen LogP contribution in [0.1, 0.15) is 14.5 Å². The molecule has 9 heteroatoms. The number of hydrogen-bond donors (Lipinski definition) is 2. The predicted molar refractivity (Wildman–Crippen MR) is 108 cm³/mol. The van der Waals surface area contributed by atoms with Crippen molar-refractivity contribution < 1.29 is 17.9 Å². The van der Waals surface area contributed by atoms with Gasteiger partial charge in [-0.15, -0.1) is 22.7 Å². The fourth-order valence-electron chi connectivity index (χ4n) is 2.37. The summed E-state index contributed by atoms with van der Waals surface area (Å²) in [4.78, 5) is 14.8. The van der Waals surface area contributed by atoms with Crippen molar-refractivity contribution in [2.75, 3.05) is 14.2 Å². The van der Waals surface area contributed by atoms with Crippen LogP contribution in [0.25, 0.3) is 10.4 Å². The molecule has 0 saturated heterocycles. The number of benzene rings is 1. The summed E-state index contributed by atoms with van der Waals surface area (Å²) in [5.74, 6) is 0.256. The van der Waals surface area contributed by atoms with Crippen LogP contribution in [-0.2, 0) is 16.6 Å². The SMILES string of the molecule is CNS(=O)(=O)c1ccc(CNC(=O)c2sc(-c3ccccc3)cc2OC)s1. The van der Waals surface area contributed by atoms with Gasteiger partial charge in [-0.1, -0.05) is 30.3 Å². The Balaban J connectivity index is 1.74. The third kappa shape index (κ3) is 4.38. The van der Waals surface area contributed by atoms with E-state index in [-0.39, 0.29) is 16.7 Å². The molecule has 3 aromatic rings. The summed E-state index contributed by atoms with van der Waals surface area (Å²) in [6.07, 6.45) is 0. The van der Waals surface area contributed by atoms with Gasteiger partial charge in [0.25, 0.3) is 5.91 Å². The maximum atomic E-state index is 12.6. The second-order valence-electron chi connectivity index (χ2n) is 5.49. The molecular weight excluding hydrogens is 404 g/mol.